The van der Waals surface area contributed by atoms with E-state index < -0.39 is 0 Å². The molecule has 0 spiro atoms. The Morgan fingerprint density at radius 2 is 2.33 bits per heavy atom. The fourth-order valence-electron chi connectivity index (χ4n) is 1.77. The van der Waals surface area contributed by atoms with E-state index >= 15 is 0 Å². The minimum absolute atomic E-state index is 0.606. The van der Waals surface area contributed by atoms with E-state index in [4.69, 9.17) is 11.6 Å². The Bertz CT molecular complexity index is 330. The molecule has 0 saturated heterocycles. The minimum Gasteiger partial charge on any atom is -0.351 e. The van der Waals surface area contributed by atoms with Gasteiger partial charge in [-0.25, -0.2) is 9.97 Å². The molecule has 5 heteroatoms. The first kappa shape index (κ1) is 11.1. The zero-order valence-electron chi connectivity index (χ0n) is 8.37. The molecule has 1 fully saturated rings. The number of aromatic nitrogens is 2. The molecule has 15 heavy (non-hydrogen) atoms. The van der Waals surface area contributed by atoms with E-state index in [-0.39, 0.29) is 0 Å². The Labute approximate surface area is 103 Å². The Kier molecular flexibility index (Phi) is 3.81. The van der Waals surface area contributed by atoms with Crippen LogP contribution in [0.15, 0.2) is 12.5 Å². The summed E-state index contributed by atoms with van der Waals surface area (Å²) in [6.07, 6.45) is 7.01. The lowest BCUT2D eigenvalue weighted by Crippen LogP contribution is -2.42. The number of alkyl halides is 1. The molecule has 0 atom stereocenters. The highest BCUT2D eigenvalue weighted by Gasteiger charge is 2.26. The molecule has 0 aliphatic heterocycles. The van der Waals surface area contributed by atoms with Crippen LogP contribution in [0, 0.1) is 0 Å². The summed E-state index contributed by atoms with van der Waals surface area (Å²) in [5.74, 6) is 0.871. The molecule has 0 N–H and O–H groups in total. The molecule has 2 rings (SSSR count). The number of hydrogen-bond donors (Lipinski definition) is 0. The van der Waals surface area contributed by atoms with Crippen LogP contribution >= 0.6 is 27.5 Å². The molecule has 0 aromatic carbocycles. The summed E-state index contributed by atoms with van der Waals surface area (Å²) in [5, 5.41) is 1.58. The fraction of sp³-hybridized carbons (Fsp3) is 0.600. The Morgan fingerprint density at radius 1 is 1.53 bits per heavy atom. The maximum absolute atomic E-state index is 6.10. The first-order valence-corrected chi connectivity index (χ1v) is 6.61. The maximum Gasteiger partial charge on any atom is 0.151 e. The van der Waals surface area contributed by atoms with Gasteiger partial charge in [-0.3, -0.25) is 0 Å². The summed E-state index contributed by atoms with van der Waals surface area (Å²) in [6.45, 7) is 0.946. The molecule has 3 nitrogen and oxygen atoms in total. The second-order valence-corrected chi connectivity index (χ2v) is 4.86. The first-order chi connectivity index (χ1) is 7.33. The number of halogens is 2. The minimum atomic E-state index is 0.606. The zero-order valence-corrected chi connectivity index (χ0v) is 10.7. The van der Waals surface area contributed by atoms with Crippen molar-refractivity contribution in [1.29, 1.82) is 0 Å². The van der Waals surface area contributed by atoms with Crippen molar-refractivity contribution in [3.8, 4) is 0 Å². The molecular weight excluding hydrogens is 277 g/mol. The Morgan fingerprint density at radius 3 is 2.87 bits per heavy atom. The molecule has 1 aliphatic rings. The van der Waals surface area contributed by atoms with E-state index in [1.54, 1.807) is 12.5 Å². The lowest BCUT2D eigenvalue weighted by Gasteiger charge is -2.38. The smallest absolute Gasteiger partial charge is 0.151 e. The first-order valence-electron chi connectivity index (χ1n) is 5.11. The van der Waals surface area contributed by atoms with Gasteiger partial charge in [0.1, 0.15) is 11.3 Å². The molecule has 1 aromatic rings. The number of hydrogen-bond acceptors (Lipinski definition) is 3. The average molecular weight is 291 g/mol. The Balaban J connectivity index is 2.19. The van der Waals surface area contributed by atoms with Crippen molar-refractivity contribution >= 4 is 33.3 Å². The van der Waals surface area contributed by atoms with E-state index in [0.717, 1.165) is 17.7 Å². The average Bonchev–Trinajstić information content (AvgIpc) is 2.15. The quantitative estimate of drug-likeness (QED) is 0.799. The monoisotopic (exact) mass is 289 g/mol. The highest BCUT2D eigenvalue weighted by atomic mass is 79.9. The summed E-state index contributed by atoms with van der Waals surface area (Å²) in [7, 11) is 0. The summed E-state index contributed by atoms with van der Waals surface area (Å²) in [4.78, 5) is 10.5. The third-order valence-corrected chi connectivity index (χ3v) is 3.38. The van der Waals surface area contributed by atoms with Crippen LogP contribution in [0.25, 0.3) is 0 Å². The summed E-state index contributed by atoms with van der Waals surface area (Å²) in [6, 6.07) is 0.606. The fourth-order valence-corrected chi connectivity index (χ4v) is 2.36. The van der Waals surface area contributed by atoms with E-state index in [0.29, 0.717) is 11.1 Å². The number of nitrogens with zero attached hydrogens (tertiary/aromatic N) is 3. The largest absolute Gasteiger partial charge is 0.351 e. The molecule has 0 amide bonds. The van der Waals surface area contributed by atoms with Crippen LogP contribution in [0.3, 0.4) is 0 Å². The molecular formula is C10H13BrClN3. The SMILES string of the molecule is Clc1cncnc1N(CCBr)C1CCC1. The third-order valence-electron chi connectivity index (χ3n) is 2.76. The molecule has 1 aromatic heterocycles. The highest BCUT2D eigenvalue weighted by Crippen LogP contribution is 2.31. The van der Waals surface area contributed by atoms with Gasteiger partial charge in [0, 0.05) is 17.9 Å². The lowest BCUT2D eigenvalue weighted by molar-refractivity contribution is 0.389. The van der Waals surface area contributed by atoms with Crippen LogP contribution < -0.4 is 4.90 Å². The van der Waals surface area contributed by atoms with Crippen LogP contribution in [0.2, 0.25) is 5.02 Å². The van der Waals surface area contributed by atoms with E-state index in [1.165, 1.54) is 19.3 Å². The topological polar surface area (TPSA) is 29.0 Å². The van der Waals surface area contributed by atoms with Gasteiger partial charge in [0.25, 0.3) is 0 Å². The van der Waals surface area contributed by atoms with Gasteiger partial charge in [0.2, 0.25) is 0 Å². The number of anilines is 1. The van der Waals surface area contributed by atoms with Gasteiger partial charge in [-0.1, -0.05) is 27.5 Å². The van der Waals surface area contributed by atoms with Crippen molar-refractivity contribution in [2.45, 2.75) is 25.3 Å². The van der Waals surface area contributed by atoms with Gasteiger partial charge in [0.15, 0.2) is 5.82 Å². The normalized spacial score (nSPS) is 16.1. The molecule has 0 radical (unpaired) electrons. The zero-order chi connectivity index (χ0) is 10.7. The molecule has 1 aliphatic carbocycles. The molecule has 0 bridgehead atoms. The maximum atomic E-state index is 6.10. The molecule has 1 saturated carbocycles. The van der Waals surface area contributed by atoms with Crippen molar-refractivity contribution in [1.82, 2.24) is 9.97 Å². The predicted octanol–water partition coefficient (Wildman–Crippen LogP) is 2.88. The van der Waals surface area contributed by atoms with Crippen molar-refractivity contribution < 1.29 is 0 Å². The predicted molar refractivity (Wildman–Crippen MR) is 65.8 cm³/mol. The molecule has 82 valence electrons. The van der Waals surface area contributed by atoms with E-state index in [2.05, 4.69) is 30.8 Å². The third kappa shape index (κ3) is 2.42. The summed E-state index contributed by atoms with van der Waals surface area (Å²) in [5.41, 5.74) is 0. The molecule has 0 unspecified atom stereocenters. The van der Waals surface area contributed by atoms with E-state index in [1.807, 2.05) is 0 Å². The van der Waals surface area contributed by atoms with Crippen LogP contribution in [-0.2, 0) is 0 Å². The van der Waals surface area contributed by atoms with Gasteiger partial charge >= 0.3 is 0 Å². The van der Waals surface area contributed by atoms with Crippen LogP contribution in [0.1, 0.15) is 19.3 Å². The number of rotatable bonds is 4. The van der Waals surface area contributed by atoms with Crippen molar-refractivity contribution in [2.24, 2.45) is 0 Å². The van der Waals surface area contributed by atoms with Gasteiger partial charge < -0.3 is 4.90 Å². The second kappa shape index (κ2) is 5.12. The van der Waals surface area contributed by atoms with Crippen LogP contribution in [0.4, 0.5) is 5.82 Å². The van der Waals surface area contributed by atoms with Gasteiger partial charge in [-0.2, -0.15) is 0 Å². The van der Waals surface area contributed by atoms with Gasteiger partial charge in [-0.05, 0) is 19.3 Å². The molecule has 1 heterocycles. The van der Waals surface area contributed by atoms with Crippen molar-refractivity contribution in [2.75, 3.05) is 16.8 Å². The lowest BCUT2D eigenvalue weighted by atomic mass is 9.91. The summed E-state index contributed by atoms with van der Waals surface area (Å²) >= 11 is 9.56. The van der Waals surface area contributed by atoms with E-state index in [9.17, 15) is 0 Å². The highest BCUT2D eigenvalue weighted by molar-refractivity contribution is 9.09. The second-order valence-electron chi connectivity index (χ2n) is 3.66. The van der Waals surface area contributed by atoms with Gasteiger partial charge in [0.05, 0.1) is 6.20 Å². The van der Waals surface area contributed by atoms with Crippen molar-refractivity contribution in [3.05, 3.63) is 17.5 Å². The standard InChI is InChI=1S/C10H13BrClN3/c11-4-5-15(8-2-1-3-8)10-9(12)6-13-7-14-10/h6-8H,1-5H2. The van der Waals surface area contributed by atoms with Crippen LogP contribution in [0.5, 0.6) is 0 Å². The Hall–Kier alpha value is -0.350. The van der Waals surface area contributed by atoms with Gasteiger partial charge in [-0.15, -0.1) is 0 Å². The summed E-state index contributed by atoms with van der Waals surface area (Å²) < 4.78 is 0. The van der Waals surface area contributed by atoms with Crippen molar-refractivity contribution in [3.63, 3.8) is 0 Å². The van der Waals surface area contributed by atoms with Crippen LogP contribution in [-0.4, -0.2) is 27.9 Å².